The van der Waals surface area contributed by atoms with E-state index in [0.717, 1.165) is 50.0 Å². The predicted octanol–water partition coefficient (Wildman–Crippen LogP) is 3.84. The summed E-state index contributed by atoms with van der Waals surface area (Å²) in [4.78, 5) is 29.6. The molecule has 11 nitrogen and oxygen atoms in total. The molecule has 0 amide bonds. The number of aryl methyl sites for hydroxylation is 3. The summed E-state index contributed by atoms with van der Waals surface area (Å²) in [6.07, 6.45) is 0.615. The van der Waals surface area contributed by atoms with Crippen LogP contribution in [0.1, 0.15) is 53.7 Å². The standard InChI is InChI=1S/C24H28N4O5S.C2HF3O2/c1-34(31,32)20-11-8-16(9-12-20)18(15-23(29)30)14-22-27-21(28-33-22)6-2-5-19-10-7-17-4-3-13-25-24(17)26-19;3-2(4,5)1(6)7/h7-12,18H,2-6,13-15H2,1H3,(H,25,26)(H,29,30);(H,6,7). The van der Waals surface area contributed by atoms with Gasteiger partial charge in [-0.1, -0.05) is 23.4 Å². The molecule has 0 aliphatic carbocycles. The number of aliphatic carboxylic acids is 2. The lowest BCUT2D eigenvalue weighted by molar-refractivity contribution is -0.192. The van der Waals surface area contributed by atoms with Crippen LogP contribution in [0.15, 0.2) is 45.8 Å². The summed E-state index contributed by atoms with van der Waals surface area (Å²) < 4.78 is 60.5. The second-order valence-electron chi connectivity index (χ2n) is 9.44. The van der Waals surface area contributed by atoms with Gasteiger partial charge >= 0.3 is 18.1 Å². The normalized spacial score (nSPS) is 13.8. The van der Waals surface area contributed by atoms with Gasteiger partial charge in [0.1, 0.15) is 5.82 Å². The average Bonchev–Trinajstić information content (AvgIpc) is 3.34. The molecule has 0 spiro atoms. The van der Waals surface area contributed by atoms with Crippen molar-refractivity contribution in [3.8, 4) is 0 Å². The molecular weight excluding hydrogens is 569 g/mol. The smallest absolute Gasteiger partial charge is 0.481 e. The van der Waals surface area contributed by atoms with E-state index in [4.69, 9.17) is 19.4 Å². The summed E-state index contributed by atoms with van der Waals surface area (Å²) in [5, 5.41) is 23.9. The summed E-state index contributed by atoms with van der Waals surface area (Å²) >= 11 is 0. The SMILES string of the molecule is CS(=O)(=O)c1ccc(C(CC(=O)O)Cc2nc(CCCc3ccc4c(n3)NCCC4)no2)cc1.O=C(O)C(F)(F)F. The summed E-state index contributed by atoms with van der Waals surface area (Å²) in [7, 11) is -3.32. The first kappa shape index (κ1) is 31.5. The van der Waals surface area contributed by atoms with E-state index in [-0.39, 0.29) is 17.7 Å². The van der Waals surface area contributed by atoms with Crippen LogP contribution in [0, 0.1) is 0 Å². The Morgan fingerprint density at radius 1 is 1.07 bits per heavy atom. The van der Waals surface area contributed by atoms with Crippen molar-refractivity contribution >= 4 is 27.6 Å². The molecule has 3 aromatic rings. The number of anilines is 1. The fourth-order valence-electron chi connectivity index (χ4n) is 4.13. The Hall–Kier alpha value is -4.01. The van der Waals surface area contributed by atoms with Crippen LogP contribution in [0.25, 0.3) is 0 Å². The third-order valence-corrected chi connectivity index (χ3v) is 7.29. The molecule has 1 aromatic carbocycles. The molecule has 3 heterocycles. The topological polar surface area (TPSA) is 173 Å². The van der Waals surface area contributed by atoms with Crippen molar-refractivity contribution in [1.29, 1.82) is 0 Å². The molecular formula is C26H29F3N4O7S. The number of sulfone groups is 1. The van der Waals surface area contributed by atoms with Gasteiger partial charge < -0.3 is 20.1 Å². The van der Waals surface area contributed by atoms with Crippen LogP contribution in [0.3, 0.4) is 0 Å². The minimum Gasteiger partial charge on any atom is -0.481 e. The number of benzene rings is 1. The number of pyridine rings is 1. The first-order valence-corrected chi connectivity index (χ1v) is 14.5. The number of alkyl halides is 3. The second-order valence-corrected chi connectivity index (χ2v) is 11.5. The summed E-state index contributed by atoms with van der Waals surface area (Å²) in [5.74, 6) is -2.19. The molecule has 15 heteroatoms. The van der Waals surface area contributed by atoms with Crippen molar-refractivity contribution in [1.82, 2.24) is 15.1 Å². The van der Waals surface area contributed by atoms with Crippen molar-refractivity contribution in [2.75, 3.05) is 18.1 Å². The molecule has 222 valence electrons. The molecule has 1 unspecified atom stereocenters. The van der Waals surface area contributed by atoms with Gasteiger partial charge in [0.2, 0.25) is 5.89 Å². The quantitative estimate of drug-likeness (QED) is 0.310. The zero-order chi connectivity index (χ0) is 30.2. The first-order valence-electron chi connectivity index (χ1n) is 12.6. The maximum atomic E-state index is 11.7. The monoisotopic (exact) mass is 598 g/mol. The molecule has 1 atom stereocenters. The Bertz CT molecular complexity index is 1460. The molecule has 1 aliphatic heterocycles. The number of nitrogens with one attached hydrogen (secondary N) is 1. The molecule has 2 aromatic heterocycles. The zero-order valence-corrected chi connectivity index (χ0v) is 22.8. The van der Waals surface area contributed by atoms with Crippen molar-refractivity contribution in [2.45, 2.75) is 61.9 Å². The summed E-state index contributed by atoms with van der Waals surface area (Å²) in [6.45, 7) is 0.958. The highest BCUT2D eigenvalue weighted by Gasteiger charge is 2.38. The molecule has 0 bridgehead atoms. The predicted molar refractivity (Wildman–Crippen MR) is 139 cm³/mol. The van der Waals surface area contributed by atoms with Gasteiger partial charge in [0.15, 0.2) is 15.7 Å². The highest BCUT2D eigenvalue weighted by atomic mass is 32.2. The van der Waals surface area contributed by atoms with Crippen LogP contribution in [0.4, 0.5) is 19.0 Å². The van der Waals surface area contributed by atoms with Gasteiger partial charge in [-0.05, 0) is 55.0 Å². The molecule has 0 radical (unpaired) electrons. The first-order chi connectivity index (χ1) is 19.2. The summed E-state index contributed by atoms with van der Waals surface area (Å²) in [6, 6.07) is 10.5. The zero-order valence-electron chi connectivity index (χ0n) is 22.0. The van der Waals surface area contributed by atoms with E-state index in [2.05, 4.69) is 27.6 Å². The van der Waals surface area contributed by atoms with Crippen molar-refractivity contribution in [3.63, 3.8) is 0 Å². The van der Waals surface area contributed by atoms with E-state index in [9.17, 15) is 31.5 Å². The molecule has 3 N–H and O–H groups in total. The Balaban J connectivity index is 0.000000587. The van der Waals surface area contributed by atoms with Crippen LogP contribution in [-0.4, -0.2) is 64.7 Å². The lowest BCUT2D eigenvalue weighted by Gasteiger charge is -2.17. The number of hydrogen-bond donors (Lipinski definition) is 3. The molecule has 0 saturated heterocycles. The maximum absolute atomic E-state index is 11.7. The lowest BCUT2D eigenvalue weighted by atomic mass is 9.92. The molecule has 4 rings (SSSR count). The minimum absolute atomic E-state index is 0.131. The molecule has 41 heavy (non-hydrogen) atoms. The molecule has 0 fully saturated rings. The van der Waals surface area contributed by atoms with Crippen LogP contribution in [0.2, 0.25) is 0 Å². The van der Waals surface area contributed by atoms with E-state index in [1.807, 2.05) is 0 Å². The number of aromatic nitrogens is 3. The highest BCUT2D eigenvalue weighted by molar-refractivity contribution is 7.90. The number of carbonyl (C=O) groups is 2. The summed E-state index contributed by atoms with van der Waals surface area (Å²) in [5.41, 5.74) is 3.00. The van der Waals surface area contributed by atoms with Crippen LogP contribution >= 0.6 is 0 Å². The van der Waals surface area contributed by atoms with Crippen molar-refractivity contribution < 1.29 is 45.9 Å². The van der Waals surface area contributed by atoms with E-state index in [0.29, 0.717) is 23.7 Å². The van der Waals surface area contributed by atoms with E-state index < -0.39 is 33.9 Å². The van der Waals surface area contributed by atoms with Gasteiger partial charge in [0.05, 0.1) is 11.3 Å². The number of carboxylic acids is 2. The Labute approximate surface area is 233 Å². The number of carboxylic acid groups (broad SMARTS) is 2. The number of nitrogens with zero attached hydrogens (tertiary/aromatic N) is 3. The lowest BCUT2D eigenvalue weighted by Crippen LogP contribution is -2.21. The van der Waals surface area contributed by atoms with Gasteiger partial charge in [-0.15, -0.1) is 0 Å². The van der Waals surface area contributed by atoms with E-state index >= 15 is 0 Å². The van der Waals surface area contributed by atoms with Gasteiger partial charge in [-0.25, -0.2) is 18.2 Å². The Kier molecular flexibility index (Phi) is 10.4. The largest absolute Gasteiger partial charge is 0.490 e. The Morgan fingerprint density at radius 2 is 1.76 bits per heavy atom. The van der Waals surface area contributed by atoms with Gasteiger partial charge in [-0.3, -0.25) is 4.79 Å². The van der Waals surface area contributed by atoms with E-state index in [1.54, 1.807) is 12.1 Å². The second kappa shape index (κ2) is 13.6. The van der Waals surface area contributed by atoms with Crippen molar-refractivity contribution in [3.05, 3.63) is 64.9 Å². The third kappa shape index (κ3) is 9.84. The fourth-order valence-corrected chi connectivity index (χ4v) is 4.76. The van der Waals surface area contributed by atoms with Gasteiger partial charge in [0, 0.05) is 37.3 Å². The molecule has 1 aliphatic rings. The maximum Gasteiger partial charge on any atom is 0.490 e. The Morgan fingerprint density at radius 3 is 2.37 bits per heavy atom. The van der Waals surface area contributed by atoms with E-state index in [1.165, 1.54) is 17.7 Å². The molecule has 0 saturated carbocycles. The number of rotatable bonds is 10. The fraction of sp³-hybridized carbons (Fsp3) is 0.423. The van der Waals surface area contributed by atoms with Gasteiger partial charge in [-0.2, -0.15) is 18.2 Å². The van der Waals surface area contributed by atoms with Crippen LogP contribution in [0.5, 0.6) is 0 Å². The highest BCUT2D eigenvalue weighted by Crippen LogP contribution is 2.26. The van der Waals surface area contributed by atoms with Crippen molar-refractivity contribution in [2.24, 2.45) is 0 Å². The number of hydrogen-bond acceptors (Lipinski definition) is 9. The van der Waals surface area contributed by atoms with Crippen LogP contribution < -0.4 is 5.32 Å². The van der Waals surface area contributed by atoms with Crippen LogP contribution in [-0.2, 0) is 45.1 Å². The average molecular weight is 599 g/mol. The number of fused-ring (bicyclic) bond motifs is 1. The minimum atomic E-state index is -5.08. The number of halogens is 3. The van der Waals surface area contributed by atoms with Gasteiger partial charge in [0.25, 0.3) is 0 Å². The third-order valence-electron chi connectivity index (χ3n) is 6.16.